The van der Waals surface area contributed by atoms with Gasteiger partial charge in [-0.1, -0.05) is 18.5 Å². The van der Waals surface area contributed by atoms with Gasteiger partial charge < -0.3 is 0 Å². The summed E-state index contributed by atoms with van der Waals surface area (Å²) < 4.78 is 4.48. The lowest BCUT2D eigenvalue weighted by Gasteiger charge is -1.95. The Balaban J connectivity index is 2.75. The normalized spacial score (nSPS) is 14.5. The highest BCUT2D eigenvalue weighted by Gasteiger charge is 1.93. The van der Waals surface area contributed by atoms with E-state index in [1.54, 1.807) is 0 Å². The third kappa shape index (κ3) is 2.94. The van der Waals surface area contributed by atoms with Crippen molar-refractivity contribution in [1.29, 1.82) is 0 Å². The average molecular weight is 173 g/mol. The quantitative estimate of drug-likeness (QED) is 0.582. The Morgan fingerprint density at radius 1 is 2.00 bits per heavy atom. The lowest BCUT2D eigenvalue weighted by molar-refractivity contribution is 0.348. The molecule has 0 heterocycles. The summed E-state index contributed by atoms with van der Waals surface area (Å²) in [5, 5.41) is 0. The third-order valence-corrected chi connectivity index (χ3v) is 1.48. The van der Waals surface area contributed by atoms with E-state index in [2.05, 4.69) is 20.1 Å². The molecule has 0 aliphatic heterocycles. The smallest absolute Gasteiger partial charge is 0.145 e. The van der Waals surface area contributed by atoms with Crippen molar-refractivity contribution >= 4 is 27.9 Å². The minimum Gasteiger partial charge on any atom is -0.288 e. The molecule has 0 fully saturated rings. The van der Waals surface area contributed by atoms with Crippen molar-refractivity contribution in [2.24, 2.45) is 0 Å². The van der Waals surface area contributed by atoms with E-state index in [0.717, 1.165) is 6.42 Å². The summed E-state index contributed by atoms with van der Waals surface area (Å²) in [4.78, 5) is 0. The molecule has 3 heteroatoms. The van der Waals surface area contributed by atoms with E-state index >= 15 is 0 Å². The van der Waals surface area contributed by atoms with Gasteiger partial charge in [0.15, 0.2) is 0 Å². The second kappa shape index (κ2) is 3.90. The molecule has 0 amide bonds. The van der Waals surface area contributed by atoms with Crippen LogP contribution in [0.4, 0.5) is 0 Å². The van der Waals surface area contributed by atoms with E-state index in [4.69, 9.17) is 11.6 Å². The Hall–Kier alpha value is 0.730. The zero-order valence-electron chi connectivity index (χ0n) is 3.45. The number of halogens is 2. The molecule has 38 valence electrons. The zero-order valence-corrected chi connectivity index (χ0v) is 5.79. The molecule has 0 aliphatic carbocycles. The van der Waals surface area contributed by atoms with Gasteiger partial charge in [-0.05, 0) is 6.42 Å². The molecule has 0 aliphatic rings. The summed E-state index contributed by atoms with van der Waals surface area (Å²) in [6, 6.07) is 0. The van der Waals surface area contributed by atoms with Crippen LogP contribution in [0, 0.1) is 0 Å². The van der Waals surface area contributed by atoms with Gasteiger partial charge in [-0.2, -0.15) is 0 Å². The minimum atomic E-state index is -0.176. The first-order chi connectivity index (χ1) is 2.81. The van der Waals surface area contributed by atoms with Crippen LogP contribution in [-0.2, 0) is 3.83 Å². The van der Waals surface area contributed by atoms with E-state index in [1.807, 2.05) is 6.92 Å². The first-order valence-corrected chi connectivity index (χ1v) is 2.81. The van der Waals surface area contributed by atoms with Gasteiger partial charge in [-0.25, -0.2) is 0 Å². The molecule has 0 aromatic heterocycles. The van der Waals surface area contributed by atoms with E-state index in [1.165, 1.54) is 0 Å². The first-order valence-electron chi connectivity index (χ1n) is 1.72. The summed E-state index contributed by atoms with van der Waals surface area (Å²) >= 11 is 8.12. The van der Waals surface area contributed by atoms with Crippen LogP contribution in [0.25, 0.3) is 0 Å². The van der Waals surface area contributed by atoms with Crippen LogP contribution in [0.2, 0.25) is 0 Å². The Labute approximate surface area is 51.1 Å². The molecule has 0 radical (unpaired) electrons. The van der Waals surface area contributed by atoms with Crippen molar-refractivity contribution < 1.29 is 3.83 Å². The largest absolute Gasteiger partial charge is 0.288 e. The van der Waals surface area contributed by atoms with E-state index in [-0.39, 0.29) is 5.56 Å². The van der Waals surface area contributed by atoms with Crippen LogP contribution in [0.3, 0.4) is 0 Å². The number of hydrogen-bond donors (Lipinski definition) is 0. The highest BCUT2D eigenvalue weighted by molar-refractivity contribution is 9.06. The highest BCUT2D eigenvalue weighted by Crippen LogP contribution is 2.05. The van der Waals surface area contributed by atoms with Gasteiger partial charge in [0.1, 0.15) is 21.8 Å². The summed E-state index contributed by atoms with van der Waals surface area (Å²) in [5.41, 5.74) is -0.176. The number of hydrogen-bond acceptors (Lipinski definition) is 1. The monoisotopic (exact) mass is 172 g/mol. The van der Waals surface area contributed by atoms with Crippen molar-refractivity contribution in [3.63, 3.8) is 0 Å². The molecule has 0 saturated carbocycles. The predicted octanol–water partition coefficient (Wildman–Crippen LogP) is 2.29. The molecule has 0 rings (SSSR count). The Morgan fingerprint density at radius 2 is 2.50 bits per heavy atom. The average Bonchev–Trinajstić information content (AvgIpc) is 1.65. The zero-order chi connectivity index (χ0) is 4.99. The third-order valence-electron chi connectivity index (χ3n) is 0.418. The van der Waals surface area contributed by atoms with Gasteiger partial charge in [0, 0.05) is 0 Å². The molecule has 0 saturated heterocycles. The first kappa shape index (κ1) is 6.73. The van der Waals surface area contributed by atoms with Gasteiger partial charge in [-0.3, -0.25) is 3.83 Å². The van der Waals surface area contributed by atoms with E-state index in [9.17, 15) is 0 Å². The standard InChI is InChI=1S/C3H6BrClO/c1-2-3(5)6-4/h3H,2H2,1H3. The molecular weight excluding hydrogens is 167 g/mol. The van der Waals surface area contributed by atoms with E-state index < -0.39 is 0 Å². The summed E-state index contributed by atoms with van der Waals surface area (Å²) in [7, 11) is 0. The van der Waals surface area contributed by atoms with E-state index in [0.29, 0.717) is 0 Å². The van der Waals surface area contributed by atoms with Crippen molar-refractivity contribution in [3.05, 3.63) is 0 Å². The SMILES string of the molecule is CCC(Cl)OBr. The Morgan fingerprint density at radius 3 is 2.50 bits per heavy atom. The lowest BCUT2D eigenvalue weighted by Crippen LogP contribution is -1.91. The fraction of sp³-hybridized carbons (Fsp3) is 1.00. The molecule has 6 heavy (non-hydrogen) atoms. The van der Waals surface area contributed by atoms with Crippen LogP contribution >= 0.6 is 27.9 Å². The molecule has 1 nitrogen and oxygen atoms in total. The molecule has 1 unspecified atom stereocenters. The van der Waals surface area contributed by atoms with Gasteiger partial charge in [0.25, 0.3) is 0 Å². The maximum absolute atomic E-state index is 5.38. The summed E-state index contributed by atoms with van der Waals surface area (Å²) in [5.74, 6) is 0. The van der Waals surface area contributed by atoms with Gasteiger partial charge in [0.05, 0.1) is 0 Å². The molecule has 0 aromatic carbocycles. The van der Waals surface area contributed by atoms with Crippen LogP contribution in [-0.4, -0.2) is 5.56 Å². The van der Waals surface area contributed by atoms with Crippen molar-refractivity contribution in [1.82, 2.24) is 0 Å². The van der Waals surface area contributed by atoms with Crippen molar-refractivity contribution in [3.8, 4) is 0 Å². The predicted molar refractivity (Wildman–Crippen MR) is 29.9 cm³/mol. The fourth-order valence-corrected chi connectivity index (χ4v) is 0.327. The molecule has 0 N–H and O–H groups in total. The number of alkyl halides is 1. The molecule has 0 aromatic rings. The second-order valence-electron chi connectivity index (χ2n) is 0.907. The van der Waals surface area contributed by atoms with Crippen molar-refractivity contribution in [2.75, 3.05) is 0 Å². The van der Waals surface area contributed by atoms with Crippen molar-refractivity contribution in [2.45, 2.75) is 18.9 Å². The van der Waals surface area contributed by atoms with Crippen LogP contribution in [0.15, 0.2) is 0 Å². The molecule has 1 atom stereocenters. The summed E-state index contributed by atoms with van der Waals surface area (Å²) in [6.07, 6.45) is 0.826. The van der Waals surface area contributed by atoms with Crippen LogP contribution in [0.5, 0.6) is 0 Å². The topological polar surface area (TPSA) is 9.23 Å². The Bertz CT molecular complexity index is 30.0. The van der Waals surface area contributed by atoms with Gasteiger partial charge >= 0.3 is 0 Å². The Kier molecular flexibility index (Phi) is 4.38. The van der Waals surface area contributed by atoms with Crippen LogP contribution < -0.4 is 0 Å². The summed E-state index contributed by atoms with van der Waals surface area (Å²) in [6.45, 7) is 1.94. The molecular formula is C3H6BrClO. The van der Waals surface area contributed by atoms with Crippen LogP contribution in [0.1, 0.15) is 13.3 Å². The second-order valence-corrected chi connectivity index (χ2v) is 1.77. The fourth-order valence-electron chi connectivity index (χ4n) is 0.0630. The maximum atomic E-state index is 5.38. The highest BCUT2D eigenvalue weighted by atomic mass is 79.9. The van der Waals surface area contributed by atoms with Gasteiger partial charge in [-0.15, -0.1) is 0 Å². The molecule has 0 spiro atoms. The molecule has 0 bridgehead atoms. The lowest BCUT2D eigenvalue weighted by atomic mass is 10.5. The number of rotatable bonds is 2. The van der Waals surface area contributed by atoms with Gasteiger partial charge in [0.2, 0.25) is 0 Å². The maximum Gasteiger partial charge on any atom is 0.145 e. The minimum absolute atomic E-state index is 0.176.